The van der Waals surface area contributed by atoms with Gasteiger partial charge in [-0.2, -0.15) is 0 Å². The van der Waals surface area contributed by atoms with Crippen LogP contribution in [0.25, 0.3) is 22.3 Å². The van der Waals surface area contributed by atoms with Crippen LogP contribution >= 0.6 is 0 Å². The molecule has 0 aromatic heterocycles. The van der Waals surface area contributed by atoms with Gasteiger partial charge >= 0.3 is 0 Å². The topological polar surface area (TPSA) is 6.48 Å². The van der Waals surface area contributed by atoms with Crippen LogP contribution in [0.5, 0.6) is 0 Å². The average molecular weight is 773 g/mol. The number of hydrogen-bond acceptors (Lipinski definition) is 2. The molecule has 2 bridgehead atoms. The molecule has 5 aliphatic carbocycles. The minimum Gasteiger partial charge on any atom is -0.311 e. The molecule has 0 radical (unpaired) electrons. The van der Waals surface area contributed by atoms with E-state index in [-0.39, 0.29) is 17.5 Å². The maximum absolute atomic E-state index is 2.74. The van der Waals surface area contributed by atoms with Gasteiger partial charge in [-0.15, -0.1) is 0 Å². The van der Waals surface area contributed by atoms with Gasteiger partial charge in [0.05, 0.1) is 5.69 Å². The molecule has 2 heterocycles. The first-order valence-electron chi connectivity index (χ1n) is 23.1. The highest BCUT2D eigenvalue weighted by atomic mass is 15.2. The van der Waals surface area contributed by atoms with Crippen molar-refractivity contribution in [1.82, 2.24) is 0 Å². The average Bonchev–Trinajstić information content (AvgIpc) is 4.07. The molecule has 0 N–H and O–H groups in total. The predicted octanol–water partition coefficient (Wildman–Crippen LogP) is 12.7. The maximum Gasteiger partial charge on any atom is 0.252 e. The van der Waals surface area contributed by atoms with Gasteiger partial charge in [0.15, 0.2) is 0 Å². The Labute approximate surface area is 355 Å². The van der Waals surface area contributed by atoms with Crippen molar-refractivity contribution in [2.24, 2.45) is 17.8 Å². The van der Waals surface area contributed by atoms with E-state index in [1.54, 1.807) is 22.3 Å². The molecule has 7 aromatic carbocycles. The van der Waals surface area contributed by atoms with Crippen LogP contribution in [0.15, 0.2) is 152 Å². The van der Waals surface area contributed by atoms with Crippen LogP contribution in [0, 0.1) is 17.8 Å². The number of rotatable bonds is 3. The summed E-state index contributed by atoms with van der Waals surface area (Å²) in [6, 6.07) is 59.3. The van der Waals surface area contributed by atoms with Crippen LogP contribution < -0.4 is 26.2 Å². The second-order valence-electron chi connectivity index (χ2n) is 19.4. The molecule has 2 unspecified atom stereocenters. The molecule has 7 aromatic rings. The van der Waals surface area contributed by atoms with E-state index in [2.05, 4.69) is 168 Å². The molecule has 7 aliphatic rings. The smallest absolute Gasteiger partial charge is 0.252 e. The van der Waals surface area contributed by atoms with E-state index in [1.807, 2.05) is 0 Å². The SMILES string of the molecule is CCC1CCC[C@@]2(C1)c1ccccc1-c1c2ccc2c1B1c3ccccc3N(c3ccccc3)c3cc4c(c(c31)N2c1ccccc1)-c1ccccc1[C@@]41CC2CC[C@H]1C2. The molecule has 2 nitrogen and oxygen atoms in total. The van der Waals surface area contributed by atoms with Crippen LogP contribution in [0.4, 0.5) is 34.1 Å². The van der Waals surface area contributed by atoms with Gasteiger partial charge in [0, 0.05) is 44.8 Å². The Bertz CT molecular complexity index is 2940. The fourth-order valence-electron chi connectivity index (χ4n) is 14.8. The van der Waals surface area contributed by atoms with E-state index in [0.717, 1.165) is 11.8 Å². The summed E-state index contributed by atoms with van der Waals surface area (Å²) in [6.07, 6.45) is 11.7. The van der Waals surface area contributed by atoms with E-state index in [0.29, 0.717) is 5.92 Å². The molecular formula is C57H49BN2. The zero-order chi connectivity index (χ0) is 39.3. The van der Waals surface area contributed by atoms with Crippen LogP contribution in [0.1, 0.15) is 87.0 Å². The van der Waals surface area contributed by atoms with Crippen LogP contribution in [-0.4, -0.2) is 6.71 Å². The van der Waals surface area contributed by atoms with Gasteiger partial charge in [0.1, 0.15) is 0 Å². The van der Waals surface area contributed by atoms with Crippen molar-refractivity contribution < 1.29 is 0 Å². The highest BCUT2D eigenvalue weighted by Crippen LogP contribution is 2.68. The highest BCUT2D eigenvalue weighted by molar-refractivity contribution is 7.01. The summed E-state index contributed by atoms with van der Waals surface area (Å²) in [6.45, 7) is 2.49. The van der Waals surface area contributed by atoms with Crippen molar-refractivity contribution in [2.45, 2.75) is 75.5 Å². The van der Waals surface area contributed by atoms with E-state index in [1.165, 1.54) is 131 Å². The predicted molar refractivity (Wildman–Crippen MR) is 251 cm³/mol. The van der Waals surface area contributed by atoms with Gasteiger partial charge < -0.3 is 9.80 Å². The fraction of sp³-hybridized carbons (Fsp3) is 0.263. The van der Waals surface area contributed by atoms with Crippen LogP contribution in [0.3, 0.4) is 0 Å². The first kappa shape index (κ1) is 34.0. The number of nitrogens with zero attached hydrogens (tertiary/aromatic N) is 2. The molecule has 60 heavy (non-hydrogen) atoms. The molecule has 5 atom stereocenters. The fourth-order valence-corrected chi connectivity index (χ4v) is 14.8. The second kappa shape index (κ2) is 12.2. The summed E-state index contributed by atoms with van der Waals surface area (Å²) in [4.78, 5) is 5.39. The molecular weight excluding hydrogens is 723 g/mol. The van der Waals surface area contributed by atoms with E-state index >= 15 is 0 Å². The lowest BCUT2D eigenvalue weighted by Crippen LogP contribution is -2.62. The third kappa shape index (κ3) is 4.12. The first-order valence-corrected chi connectivity index (χ1v) is 23.1. The summed E-state index contributed by atoms with van der Waals surface area (Å²) in [5, 5.41) is 0. The Balaban J connectivity index is 1.16. The molecule has 2 aliphatic heterocycles. The summed E-state index contributed by atoms with van der Waals surface area (Å²) < 4.78 is 0. The summed E-state index contributed by atoms with van der Waals surface area (Å²) in [5.41, 5.74) is 24.6. The number of anilines is 6. The molecule has 14 rings (SSSR count). The third-order valence-electron chi connectivity index (χ3n) is 17.0. The lowest BCUT2D eigenvalue weighted by atomic mass is 9.32. The zero-order valence-corrected chi connectivity index (χ0v) is 34.5. The minimum absolute atomic E-state index is 0.0396. The lowest BCUT2D eigenvalue weighted by molar-refractivity contribution is 0.255. The van der Waals surface area contributed by atoms with E-state index in [9.17, 15) is 0 Å². The van der Waals surface area contributed by atoms with Gasteiger partial charge in [-0.1, -0.05) is 142 Å². The standard InChI is InChI=1S/C57H49BN2/c1-2-36-16-15-31-56(34-36)43-23-11-9-21-41(43)51-45(56)29-30-49-53(51)58-47-25-13-14-26-48(47)59(39-17-5-3-6-18-39)50-33-46-52(55(54(50)58)60(49)40-19-7-4-8-20-40)42-22-10-12-24-44(42)57(46)35-37-27-28-38(57)32-37/h3-14,17-26,29-30,33,36-38H,2,15-16,27-28,31-32,34-35H2,1H3/t36?,37?,38-,56+,57-/m0/s1. The Hall–Kier alpha value is -5.80. The third-order valence-corrected chi connectivity index (χ3v) is 17.0. The Morgan fingerprint density at radius 2 is 1.27 bits per heavy atom. The summed E-state index contributed by atoms with van der Waals surface area (Å²) in [7, 11) is 0. The second-order valence-corrected chi connectivity index (χ2v) is 19.4. The number of hydrogen-bond donors (Lipinski definition) is 0. The summed E-state index contributed by atoms with van der Waals surface area (Å²) >= 11 is 0. The molecule has 2 spiro atoms. The van der Waals surface area contributed by atoms with Crippen molar-refractivity contribution >= 4 is 57.2 Å². The van der Waals surface area contributed by atoms with E-state index < -0.39 is 0 Å². The van der Waals surface area contributed by atoms with Gasteiger partial charge in [-0.25, -0.2) is 0 Å². The Morgan fingerprint density at radius 3 is 2.02 bits per heavy atom. The largest absolute Gasteiger partial charge is 0.311 e. The number of para-hydroxylation sites is 3. The maximum atomic E-state index is 2.74. The summed E-state index contributed by atoms with van der Waals surface area (Å²) in [5.74, 6) is 2.22. The van der Waals surface area contributed by atoms with Crippen molar-refractivity contribution in [3.8, 4) is 22.3 Å². The first-order chi connectivity index (χ1) is 29.7. The lowest BCUT2D eigenvalue weighted by Gasteiger charge is -2.47. The normalized spacial score (nSPS) is 25.5. The Morgan fingerprint density at radius 1 is 0.567 bits per heavy atom. The van der Waals surface area contributed by atoms with Crippen molar-refractivity contribution in [1.29, 1.82) is 0 Å². The van der Waals surface area contributed by atoms with Gasteiger partial charge in [-0.3, -0.25) is 0 Å². The number of fused-ring (bicyclic) bond motifs is 19. The minimum atomic E-state index is 0.0396. The van der Waals surface area contributed by atoms with Crippen LogP contribution in [0.2, 0.25) is 0 Å². The monoisotopic (exact) mass is 772 g/mol. The zero-order valence-electron chi connectivity index (χ0n) is 34.5. The van der Waals surface area contributed by atoms with Crippen molar-refractivity contribution in [3.05, 3.63) is 174 Å². The van der Waals surface area contributed by atoms with Gasteiger partial charge in [-0.05, 0) is 148 Å². The molecule has 290 valence electrons. The highest BCUT2D eigenvalue weighted by Gasteiger charge is 2.59. The van der Waals surface area contributed by atoms with Crippen molar-refractivity contribution in [2.75, 3.05) is 9.80 Å². The van der Waals surface area contributed by atoms with Gasteiger partial charge in [0.2, 0.25) is 0 Å². The van der Waals surface area contributed by atoms with Gasteiger partial charge in [0.25, 0.3) is 6.71 Å². The van der Waals surface area contributed by atoms with Crippen LogP contribution in [-0.2, 0) is 10.8 Å². The molecule has 0 saturated heterocycles. The molecule has 0 amide bonds. The van der Waals surface area contributed by atoms with E-state index in [4.69, 9.17) is 0 Å². The quantitative estimate of drug-likeness (QED) is 0.165. The number of benzene rings is 7. The molecule has 3 saturated carbocycles. The van der Waals surface area contributed by atoms with Crippen molar-refractivity contribution in [3.63, 3.8) is 0 Å². The molecule has 3 heteroatoms. The molecule has 3 fully saturated rings. The Kier molecular flexibility index (Phi) is 6.88.